The molecule has 1 aliphatic heterocycles. The first-order chi connectivity index (χ1) is 9.75. The van der Waals surface area contributed by atoms with Gasteiger partial charge in [-0.1, -0.05) is 23.4 Å². The Labute approximate surface area is 117 Å². The van der Waals surface area contributed by atoms with Crippen molar-refractivity contribution in [2.75, 3.05) is 18.1 Å². The molecule has 1 aliphatic rings. The van der Waals surface area contributed by atoms with Crippen molar-refractivity contribution in [2.24, 2.45) is 0 Å². The second-order valence-electron chi connectivity index (χ2n) is 4.86. The minimum absolute atomic E-state index is 0.0373. The van der Waals surface area contributed by atoms with Crippen molar-refractivity contribution in [1.29, 1.82) is 0 Å². The summed E-state index contributed by atoms with van der Waals surface area (Å²) in [6.07, 6.45) is 0.827. The Bertz CT molecular complexity index is 588. The van der Waals surface area contributed by atoms with Gasteiger partial charge in [0, 0.05) is 18.4 Å². The number of hydrogen-bond acceptors (Lipinski definition) is 4. The fraction of sp³-hybridized carbons (Fsp3) is 0.333. The average molecular weight is 272 g/mol. The molecule has 20 heavy (non-hydrogen) atoms. The van der Waals surface area contributed by atoms with Crippen molar-refractivity contribution >= 4 is 11.6 Å². The van der Waals surface area contributed by atoms with Crippen LogP contribution in [0.2, 0.25) is 0 Å². The molecule has 0 spiro atoms. The summed E-state index contributed by atoms with van der Waals surface area (Å²) >= 11 is 0. The Morgan fingerprint density at radius 2 is 2.15 bits per heavy atom. The van der Waals surface area contributed by atoms with Crippen molar-refractivity contribution in [3.8, 4) is 0 Å². The lowest BCUT2D eigenvalue weighted by Gasteiger charge is -2.27. The highest BCUT2D eigenvalue weighted by molar-refractivity contribution is 6.04. The van der Waals surface area contributed by atoms with Crippen molar-refractivity contribution in [3.63, 3.8) is 0 Å². The highest BCUT2D eigenvalue weighted by Gasteiger charge is 2.31. The predicted octanol–water partition coefficient (Wildman–Crippen LogP) is 2.42. The molecule has 1 fully saturated rings. The molecule has 1 aromatic carbocycles. The Balaban J connectivity index is 1.95. The molecular weight excluding hydrogens is 256 g/mol. The molecule has 104 valence electrons. The fourth-order valence-corrected chi connectivity index (χ4v) is 2.39. The zero-order chi connectivity index (χ0) is 13.9. The van der Waals surface area contributed by atoms with Crippen LogP contribution >= 0.6 is 0 Å². The second kappa shape index (κ2) is 5.46. The van der Waals surface area contributed by atoms with Crippen LogP contribution in [0.15, 0.2) is 40.9 Å². The van der Waals surface area contributed by atoms with Crippen molar-refractivity contribution < 1.29 is 14.1 Å². The number of rotatable bonds is 3. The van der Waals surface area contributed by atoms with Gasteiger partial charge in [-0.15, -0.1) is 0 Å². The number of aryl methyl sites for hydroxylation is 1. The van der Waals surface area contributed by atoms with E-state index in [2.05, 4.69) is 5.16 Å². The molecule has 2 aromatic rings. The summed E-state index contributed by atoms with van der Waals surface area (Å²) in [4.78, 5) is 14.4. The lowest BCUT2D eigenvalue weighted by molar-refractivity contribution is 0.0936. The van der Waals surface area contributed by atoms with Crippen LogP contribution in [0.25, 0.3) is 0 Å². The number of carbonyl (C=O) groups excluding carboxylic acids is 1. The SMILES string of the molecule is Cc1cc(C(=O)N(c2ccccc2)C2CCOC2)on1. The topological polar surface area (TPSA) is 55.6 Å². The van der Waals surface area contributed by atoms with Crippen molar-refractivity contribution in [3.05, 3.63) is 47.9 Å². The second-order valence-corrected chi connectivity index (χ2v) is 4.86. The van der Waals surface area contributed by atoms with Gasteiger partial charge in [0.05, 0.1) is 18.3 Å². The third kappa shape index (κ3) is 2.44. The van der Waals surface area contributed by atoms with Gasteiger partial charge >= 0.3 is 0 Å². The van der Waals surface area contributed by atoms with E-state index in [4.69, 9.17) is 9.26 Å². The number of amides is 1. The van der Waals surface area contributed by atoms with Gasteiger partial charge in [0.1, 0.15) is 0 Å². The number of para-hydroxylation sites is 1. The van der Waals surface area contributed by atoms with E-state index < -0.39 is 0 Å². The Hall–Kier alpha value is -2.14. The minimum atomic E-state index is -0.174. The number of benzene rings is 1. The lowest BCUT2D eigenvalue weighted by Crippen LogP contribution is -2.40. The van der Waals surface area contributed by atoms with E-state index in [9.17, 15) is 4.79 Å². The van der Waals surface area contributed by atoms with E-state index in [1.54, 1.807) is 17.9 Å². The molecule has 1 aromatic heterocycles. The summed E-state index contributed by atoms with van der Waals surface area (Å²) in [5.41, 5.74) is 1.55. The number of anilines is 1. The summed E-state index contributed by atoms with van der Waals surface area (Å²) in [6.45, 7) is 3.02. The molecule has 5 nitrogen and oxygen atoms in total. The van der Waals surface area contributed by atoms with Crippen LogP contribution in [-0.2, 0) is 4.74 Å². The monoisotopic (exact) mass is 272 g/mol. The summed E-state index contributed by atoms with van der Waals surface area (Å²) < 4.78 is 10.5. The fourth-order valence-electron chi connectivity index (χ4n) is 2.39. The standard InChI is InChI=1S/C15H16N2O3/c1-11-9-14(20-16-11)15(18)17(13-7-8-19-10-13)12-5-3-2-4-6-12/h2-6,9,13H,7-8,10H2,1H3. The van der Waals surface area contributed by atoms with Crippen LogP contribution in [0.1, 0.15) is 22.7 Å². The van der Waals surface area contributed by atoms with E-state index in [0.717, 1.165) is 12.1 Å². The molecule has 2 heterocycles. The smallest absolute Gasteiger partial charge is 0.297 e. The van der Waals surface area contributed by atoms with E-state index in [-0.39, 0.29) is 17.7 Å². The first-order valence-corrected chi connectivity index (χ1v) is 6.65. The Morgan fingerprint density at radius 3 is 2.75 bits per heavy atom. The van der Waals surface area contributed by atoms with Crippen LogP contribution in [-0.4, -0.2) is 30.3 Å². The molecule has 0 aliphatic carbocycles. The minimum Gasteiger partial charge on any atom is -0.379 e. The Morgan fingerprint density at radius 1 is 1.35 bits per heavy atom. The molecular formula is C15H16N2O3. The van der Waals surface area contributed by atoms with Gasteiger partial charge in [-0.2, -0.15) is 0 Å². The third-order valence-electron chi connectivity index (χ3n) is 3.36. The molecule has 5 heteroatoms. The molecule has 3 rings (SSSR count). The maximum atomic E-state index is 12.7. The third-order valence-corrected chi connectivity index (χ3v) is 3.36. The zero-order valence-electron chi connectivity index (χ0n) is 11.3. The summed E-state index contributed by atoms with van der Waals surface area (Å²) in [5.74, 6) is 0.0885. The van der Waals surface area contributed by atoms with Crippen molar-refractivity contribution in [2.45, 2.75) is 19.4 Å². The molecule has 1 unspecified atom stereocenters. The van der Waals surface area contributed by atoms with Gasteiger partial charge in [0.15, 0.2) is 0 Å². The maximum Gasteiger partial charge on any atom is 0.297 e. The van der Waals surface area contributed by atoms with Gasteiger partial charge in [-0.05, 0) is 25.5 Å². The molecule has 1 saturated heterocycles. The van der Waals surface area contributed by atoms with Crippen LogP contribution in [0, 0.1) is 6.92 Å². The first-order valence-electron chi connectivity index (χ1n) is 6.65. The maximum absolute atomic E-state index is 12.7. The number of ether oxygens (including phenoxy) is 1. The van der Waals surface area contributed by atoms with E-state index in [0.29, 0.717) is 18.9 Å². The van der Waals surface area contributed by atoms with Crippen LogP contribution in [0.3, 0.4) is 0 Å². The largest absolute Gasteiger partial charge is 0.379 e. The molecule has 1 amide bonds. The highest BCUT2D eigenvalue weighted by Crippen LogP contribution is 2.24. The summed E-state index contributed by atoms with van der Waals surface area (Å²) in [7, 11) is 0. The quantitative estimate of drug-likeness (QED) is 0.861. The van der Waals surface area contributed by atoms with Crippen LogP contribution in [0.4, 0.5) is 5.69 Å². The number of nitrogens with zero attached hydrogens (tertiary/aromatic N) is 2. The predicted molar refractivity (Wildman–Crippen MR) is 73.7 cm³/mol. The van der Waals surface area contributed by atoms with Crippen LogP contribution < -0.4 is 4.90 Å². The average Bonchev–Trinajstić information content (AvgIpc) is 3.12. The Kier molecular flexibility index (Phi) is 3.52. The molecule has 0 saturated carbocycles. The lowest BCUT2D eigenvalue weighted by atomic mass is 10.1. The number of aromatic nitrogens is 1. The number of hydrogen-bond donors (Lipinski definition) is 0. The summed E-state index contributed by atoms with van der Waals surface area (Å²) in [5, 5.41) is 3.79. The van der Waals surface area contributed by atoms with Gasteiger partial charge in [-0.25, -0.2) is 0 Å². The van der Waals surface area contributed by atoms with E-state index >= 15 is 0 Å². The highest BCUT2D eigenvalue weighted by atomic mass is 16.5. The van der Waals surface area contributed by atoms with Crippen LogP contribution in [0.5, 0.6) is 0 Å². The van der Waals surface area contributed by atoms with Gasteiger partial charge in [0.2, 0.25) is 5.76 Å². The zero-order valence-corrected chi connectivity index (χ0v) is 11.3. The normalized spacial score (nSPS) is 18.1. The van der Waals surface area contributed by atoms with E-state index in [1.165, 1.54) is 0 Å². The molecule has 0 radical (unpaired) electrons. The number of carbonyl (C=O) groups is 1. The molecule has 0 N–H and O–H groups in total. The molecule has 1 atom stereocenters. The van der Waals surface area contributed by atoms with Gasteiger partial charge in [0.25, 0.3) is 5.91 Å². The summed E-state index contributed by atoms with van der Waals surface area (Å²) in [6, 6.07) is 11.3. The first kappa shape index (κ1) is 12.9. The molecule has 0 bridgehead atoms. The van der Waals surface area contributed by atoms with Gasteiger partial charge < -0.3 is 14.2 Å². The van der Waals surface area contributed by atoms with Crippen molar-refractivity contribution in [1.82, 2.24) is 5.16 Å². The van der Waals surface area contributed by atoms with E-state index in [1.807, 2.05) is 30.3 Å². The van der Waals surface area contributed by atoms with Gasteiger partial charge in [-0.3, -0.25) is 4.79 Å².